The second-order valence-electron chi connectivity index (χ2n) is 13.8. The molecule has 10 nitrogen and oxygen atoms in total. The molecule has 0 saturated carbocycles. The van der Waals surface area contributed by atoms with E-state index in [1.165, 1.54) is 5.57 Å². The number of aryl methyl sites for hydroxylation is 1. The minimum absolute atomic E-state index is 0.0771. The lowest BCUT2D eigenvalue weighted by molar-refractivity contribution is -0.158. The number of hydrogen-bond acceptors (Lipinski definition) is 10. The number of pyridine rings is 1. The molecule has 6 rings (SSSR count). The number of ketones is 2. The second kappa shape index (κ2) is 14.5. The predicted molar refractivity (Wildman–Crippen MR) is 185 cm³/mol. The third-order valence-corrected chi connectivity index (χ3v) is 10.8. The molecule has 1 saturated heterocycles. The summed E-state index contributed by atoms with van der Waals surface area (Å²) in [6.07, 6.45) is 12.2. The summed E-state index contributed by atoms with van der Waals surface area (Å²) in [5, 5.41) is 23.9. The highest BCUT2D eigenvalue weighted by molar-refractivity contribution is 6.33. The number of allylic oxidation sites excluding steroid dienone is 4. The van der Waals surface area contributed by atoms with Crippen LogP contribution >= 0.6 is 0 Å². The molecule has 260 valence electrons. The van der Waals surface area contributed by atoms with Crippen LogP contribution in [-0.4, -0.2) is 75.8 Å². The topological polar surface area (TPSA) is 164 Å². The molecule has 1 aliphatic heterocycles. The number of rotatable bonds is 14. The first-order chi connectivity index (χ1) is 23.7. The number of esters is 1. The molecule has 0 spiro atoms. The number of fused-ring (bicyclic) bond motifs is 3. The SMILES string of the molecule is CCNC1C=C2C=CCCC2CC1C(CCCO)OC(=O)C12OC1(CC(CO)=C(C)CCc1ccnc(N)c1)C(=O)c1ccccc1C2=O. The van der Waals surface area contributed by atoms with Gasteiger partial charge in [-0.2, -0.15) is 0 Å². The Kier molecular flexibility index (Phi) is 10.3. The Balaban J connectivity index is 1.33. The van der Waals surface area contributed by atoms with Gasteiger partial charge in [-0.3, -0.25) is 9.59 Å². The van der Waals surface area contributed by atoms with Gasteiger partial charge in [-0.1, -0.05) is 55.0 Å². The lowest BCUT2D eigenvalue weighted by Gasteiger charge is -2.40. The van der Waals surface area contributed by atoms with Crippen molar-refractivity contribution < 1.29 is 34.1 Å². The van der Waals surface area contributed by atoms with Crippen LogP contribution in [0, 0.1) is 11.8 Å². The number of likely N-dealkylation sites (N-methyl/N-ethyl adjacent to an activating group) is 1. The van der Waals surface area contributed by atoms with Gasteiger partial charge in [0.05, 0.1) is 6.61 Å². The van der Waals surface area contributed by atoms with Crippen molar-refractivity contribution in [3.05, 3.63) is 94.2 Å². The Morgan fingerprint density at radius 3 is 2.67 bits per heavy atom. The number of aliphatic hydroxyl groups excluding tert-OH is 2. The zero-order chi connectivity index (χ0) is 34.8. The molecule has 10 heteroatoms. The normalized spacial score (nSPS) is 28.1. The number of hydrogen-bond donors (Lipinski definition) is 4. The van der Waals surface area contributed by atoms with Gasteiger partial charge in [-0.15, -0.1) is 0 Å². The quantitative estimate of drug-likeness (QED) is 0.0978. The fourth-order valence-corrected chi connectivity index (χ4v) is 8.07. The van der Waals surface area contributed by atoms with Crippen molar-refractivity contribution in [1.82, 2.24) is 10.3 Å². The fourth-order valence-electron chi connectivity index (χ4n) is 8.07. The number of nitrogens with zero attached hydrogens (tertiary/aromatic N) is 1. The number of carbonyl (C=O) groups is 3. The Hall–Kier alpha value is -3.96. The van der Waals surface area contributed by atoms with Gasteiger partial charge < -0.3 is 30.7 Å². The first kappa shape index (κ1) is 34.9. The average Bonchev–Trinajstić information content (AvgIpc) is 3.82. The average molecular weight is 670 g/mol. The highest BCUT2D eigenvalue weighted by Gasteiger charge is 2.85. The highest BCUT2D eigenvalue weighted by atomic mass is 16.7. The van der Waals surface area contributed by atoms with E-state index in [0.29, 0.717) is 49.5 Å². The summed E-state index contributed by atoms with van der Waals surface area (Å²) >= 11 is 0. The van der Waals surface area contributed by atoms with Crippen molar-refractivity contribution in [3.8, 4) is 0 Å². The first-order valence-electron chi connectivity index (χ1n) is 17.5. The van der Waals surface area contributed by atoms with Crippen LogP contribution in [0.4, 0.5) is 5.82 Å². The van der Waals surface area contributed by atoms with Crippen LogP contribution in [0.2, 0.25) is 0 Å². The van der Waals surface area contributed by atoms with Crippen molar-refractivity contribution in [2.45, 2.75) is 88.6 Å². The molecule has 1 fully saturated rings. The van der Waals surface area contributed by atoms with E-state index in [4.69, 9.17) is 15.2 Å². The van der Waals surface area contributed by atoms with Crippen LogP contribution in [0.25, 0.3) is 0 Å². The number of epoxide rings is 1. The molecule has 0 radical (unpaired) electrons. The molecule has 6 unspecified atom stereocenters. The van der Waals surface area contributed by atoms with E-state index in [9.17, 15) is 24.6 Å². The summed E-state index contributed by atoms with van der Waals surface area (Å²) in [4.78, 5) is 47.2. The Bertz CT molecular complexity index is 1700. The van der Waals surface area contributed by atoms with E-state index in [1.807, 2.05) is 19.9 Å². The number of nitrogens with one attached hydrogen (secondary N) is 1. The number of aromatic nitrogens is 1. The summed E-state index contributed by atoms with van der Waals surface area (Å²) in [6, 6.07) is 10.0. The Morgan fingerprint density at radius 1 is 1.18 bits per heavy atom. The van der Waals surface area contributed by atoms with Crippen molar-refractivity contribution >= 4 is 23.4 Å². The smallest absolute Gasteiger partial charge is 0.350 e. The van der Waals surface area contributed by atoms with Crippen molar-refractivity contribution in [2.24, 2.45) is 11.8 Å². The molecule has 1 aromatic heterocycles. The standard InChI is InChI=1S/C39H47N3O7/c1-3-41-32-21-27-10-5-4-9-26(27)20-31(32)33(13-8-18-43)48-37(47)39-36(46)30-12-7-6-11-29(30)35(45)38(39,49-39)22-28(23-44)24(2)14-15-25-16-17-42-34(40)19-25/h5-7,10-12,16-17,19,21,26,31-33,41,43-44H,3-4,8-9,13-15,18,20,22-23H2,1-2H3,(H2,40,42). The lowest BCUT2D eigenvalue weighted by atomic mass is 9.70. The lowest BCUT2D eigenvalue weighted by Crippen LogP contribution is -2.53. The van der Waals surface area contributed by atoms with Crippen LogP contribution < -0.4 is 11.1 Å². The van der Waals surface area contributed by atoms with Crippen LogP contribution in [0.15, 0.2) is 77.5 Å². The highest BCUT2D eigenvalue weighted by Crippen LogP contribution is 2.59. The Labute approximate surface area is 287 Å². The predicted octanol–water partition coefficient (Wildman–Crippen LogP) is 4.46. The summed E-state index contributed by atoms with van der Waals surface area (Å²) < 4.78 is 12.6. The Morgan fingerprint density at radius 2 is 1.96 bits per heavy atom. The van der Waals surface area contributed by atoms with Gasteiger partial charge >= 0.3 is 5.97 Å². The summed E-state index contributed by atoms with van der Waals surface area (Å²) in [7, 11) is 0. The van der Waals surface area contributed by atoms with Gasteiger partial charge in [-0.25, -0.2) is 9.78 Å². The maximum absolute atomic E-state index is 14.6. The molecule has 6 atom stereocenters. The number of nitrogen functional groups attached to an aromatic ring is 1. The van der Waals surface area contributed by atoms with Crippen LogP contribution in [0.1, 0.15) is 85.1 Å². The van der Waals surface area contributed by atoms with E-state index in [-0.39, 0.29) is 42.7 Å². The number of anilines is 1. The monoisotopic (exact) mass is 669 g/mol. The van der Waals surface area contributed by atoms with Crippen LogP contribution in [0.5, 0.6) is 0 Å². The van der Waals surface area contributed by atoms with E-state index < -0.39 is 34.8 Å². The molecular weight excluding hydrogens is 622 g/mol. The zero-order valence-electron chi connectivity index (χ0n) is 28.3. The molecule has 2 heterocycles. The van der Waals surface area contributed by atoms with E-state index >= 15 is 0 Å². The van der Waals surface area contributed by atoms with Gasteiger partial charge in [0.25, 0.3) is 5.60 Å². The number of carbonyl (C=O) groups excluding carboxylic acids is 3. The third-order valence-electron chi connectivity index (χ3n) is 10.8. The molecule has 2 aromatic rings. The van der Waals surface area contributed by atoms with E-state index in [2.05, 4.69) is 28.5 Å². The first-order valence-corrected chi connectivity index (χ1v) is 17.5. The molecule has 4 aliphatic rings. The van der Waals surface area contributed by atoms with Gasteiger partial charge in [0, 0.05) is 42.3 Å². The molecule has 3 aliphatic carbocycles. The molecule has 0 bridgehead atoms. The summed E-state index contributed by atoms with van der Waals surface area (Å²) in [6.45, 7) is 4.16. The summed E-state index contributed by atoms with van der Waals surface area (Å²) in [5.41, 5.74) is 5.75. The maximum atomic E-state index is 14.6. The minimum Gasteiger partial charge on any atom is -0.459 e. The van der Waals surface area contributed by atoms with Gasteiger partial charge in [0.15, 0.2) is 11.4 Å². The van der Waals surface area contributed by atoms with Crippen LogP contribution in [0.3, 0.4) is 0 Å². The molecular formula is C39H47N3O7. The number of aliphatic hydroxyl groups is 2. The number of Topliss-reactive ketones (excluding diaryl/α,β-unsaturated/α-hetero) is 2. The minimum atomic E-state index is -2.17. The van der Waals surface area contributed by atoms with Gasteiger partial charge in [0.1, 0.15) is 11.9 Å². The molecule has 1 aromatic carbocycles. The maximum Gasteiger partial charge on any atom is 0.350 e. The van der Waals surface area contributed by atoms with Crippen molar-refractivity contribution in [3.63, 3.8) is 0 Å². The summed E-state index contributed by atoms with van der Waals surface area (Å²) in [5.74, 6) is -1.35. The third kappa shape index (κ3) is 6.43. The number of ether oxygens (including phenoxy) is 2. The van der Waals surface area contributed by atoms with Crippen molar-refractivity contribution in [1.29, 1.82) is 0 Å². The van der Waals surface area contributed by atoms with Crippen LogP contribution in [-0.2, 0) is 20.7 Å². The molecule has 49 heavy (non-hydrogen) atoms. The van der Waals surface area contributed by atoms with E-state index in [1.54, 1.807) is 36.5 Å². The van der Waals surface area contributed by atoms with E-state index in [0.717, 1.165) is 30.4 Å². The zero-order valence-corrected chi connectivity index (χ0v) is 28.3. The second-order valence-corrected chi connectivity index (χ2v) is 13.8. The largest absolute Gasteiger partial charge is 0.459 e. The molecule has 0 amide bonds. The number of nitrogens with two attached hydrogens (primary N) is 1. The van der Waals surface area contributed by atoms with Gasteiger partial charge in [-0.05, 0) is 93.2 Å². The number of benzene rings is 1. The van der Waals surface area contributed by atoms with Gasteiger partial charge in [0.2, 0.25) is 5.78 Å². The van der Waals surface area contributed by atoms with Crippen molar-refractivity contribution in [2.75, 3.05) is 25.5 Å². The fraction of sp³-hybridized carbons (Fsp3) is 0.487. The molecule has 5 N–H and O–H groups in total.